The molecular weight excluding hydrogens is 608 g/mol. The van der Waals surface area contributed by atoms with Crippen LogP contribution in [0.25, 0.3) is 0 Å². The van der Waals surface area contributed by atoms with E-state index in [1.807, 2.05) is 0 Å². The van der Waals surface area contributed by atoms with Crippen molar-refractivity contribution in [3.05, 3.63) is 0 Å². The molecule has 0 aromatic rings. The zero-order valence-electron chi connectivity index (χ0n) is 34.9. The third-order valence-electron chi connectivity index (χ3n) is 9.38. The third kappa shape index (κ3) is 31.3. The Morgan fingerprint density at radius 2 is 0.898 bits per heavy atom. The lowest BCUT2D eigenvalue weighted by Crippen LogP contribution is -2.34. The zero-order chi connectivity index (χ0) is 37.1. The highest BCUT2D eigenvalue weighted by molar-refractivity contribution is 5.70. The van der Waals surface area contributed by atoms with E-state index < -0.39 is 0 Å². The van der Waals surface area contributed by atoms with E-state index in [4.69, 9.17) is 9.47 Å². The smallest absolute Gasteiger partial charge is 0.306 e. The number of carbonyl (C=O) groups is 2. The fraction of sp³-hybridized carbons (Fsp3) is 0.953. The Labute approximate surface area is 306 Å². The maximum atomic E-state index is 12.6. The van der Waals surface area contributed by atoms with Crippen LogP contribution in [0.2, 0.25) is 0 Å². The molecule has 0 aromatic heterocycles. The molecule has 0 aliphatic heterocycles. The molecule has 49 heavy (non-hydrogen) atoms. The van der Waals surface area contributed by atoms with E-state index in [9.17, 15) is 9.59 Å². The van der Waals surface area contributed by atoms with Crippen molar-refractivity contribution in [2.24, 2.45) is 23.7 Å². The number of hydrogen-bond acceptors (Lipinski definition) is 6. The molecular formula is C43H86N2O4. The molecule has 0 amide bonds. The lowest BCUT2D eigenvalue weighted by atomic mass is 9.86. The van der Waals surface area contributed by atoms with E-state index >= 15 is 0 Å². The molecule has 0 N–H and O–H groups in total. The van der Waals surface area contributed by atoms with Crippen molar-refractivity contribution in [1.82, 2.24) is 9.80 Å². The summed E-state index contributed by atoms with van der Waals surface area (Å²) in [7, 11) is 4.34. The molecule has 0 aromatic carbocycles. The molecule has 0 saturated heterocycles. The summed E-state index contributed by atoms with van der Waals surface area (Å²) in [4.78, 5) is 29.9. The highest BCUT2D eigenvalue weighted by atomic mass is 16.6. The van der Waals surface area contributed by atoms with Crippen LogP contribution >= 0.6 is 0 Å². The molecule has 0 rings (SSSR count). The van der Waals surface area contributed by atoms with Crippen molar-refractivity contribution in [2.45, 2.75) is 202 Å². The van der Waals surface area contributed by atoms with Gasteiger partial charge in [0.05, 0.1) is 0 Å². The van der Waals surface area contributed by atoms with Crippen LogP contribution in [-0.4, -0.2) is 73.7 Å². The Balaban J connectivity index is 4.06. The summed E-state index contributed by atoms with van der Waals surface area (Å²) in [6.07, 6.45) is 21.9. The van der Waals surface area contributed by atoms with Crippen molar-refractivity contribution in [1.29, 1.82) is 0 Å². The average molecular weight is 695 g/mol. The number of hydrogen-bond donors (Lipinski definition) is 0. The van der Waals surface area contributed by atoms with Gasteiger partial charge in [-0.15, -0.1) is 0 Å². The van der Waals surface area contributed by atoms with E-state index in [-0.39, 0.29) is 23.6 Å². The number of carbonyl (C=O) groups excluding carboxylic acids is 2. The molecule has 0 aliphatic rings. The van der Waals surface area contributed by atoms with Crippen LogP contribution < -0.4 is 0 Å². The van der Waals surface area contributed by atoms with Crippen molar-refractivity contribution in [3.8, 4) is 0 Å². The number of unbranched alkanes of at least 4 members (excludes halogenated alkanes) is 12. The Morgan fingerprint density at radius 3 is 1.29 bits per heavy atom. The van der Waals surface area contributed by atoms with Gasteiger partial charge in [0.1, 0.15) is 11.7 Å². The summed E-state index contributed by atoms with van der Waals surface area (Å²) < 4.78 is 11.8. The Hall–Kier alpha value is -1.14. The molecule has 0 unspecified atom stereocenters. The topological polar surface area (TPSA) is 59.1 Å². The molecule has 292 valence electrons. The van der Waals surface area contributed by atoms with Crippen LogP contribution in [0, 0.1) is 23.7 Å². The van der Waals surface area contributed by atoms with Gasteiger partial charge in [-0.05, 0) is 109 Å². The van der Waals surface area contributed by atoms with Gasteiger partial charge in [0.25, 0.3) is 0 Å². The minimum Gasteiger partial charge on any atom is -0.462 e. The lowest BCUT2D eigenvalue weighted by Gasteiger charge is -2.33. The first-order valence-electron chi connectivity index (χ1n) is 20.9. The van der Waals surface area contributed by atoms with E-state index in [1.165, 1.54) is 77.3 Å². The maximum Gasteiger partial charge on any atom is 0.306 e. The Bertz CT molecular complexity index is 775. The molecule has 0 spiro atoms. The van der Waals surface area contributed by atoms with Crippen LogP contribution in [0.15, 0.2) is 0 Å². The van der Waals surface area contributed by atoms with Crippen LogP contribution in [-0.2, 0) is 19.1 Å². The van der Waals surface area contributed by atoms with Gasteiger partial charge in [-0.1, -0.05) is 120 Å². The van der Waals surface area contributed by atoms with E-state index in [2.05, 4.69) is 86.2 Å². The fourth-order valence-corrected chi connectivity index (χ4v) is 7.36. The fourth-order valence-electron chi connectivity index (χ4n) is 7.36. The quantitative estimate of drug-likeness (QED) is 0.0503. The molecule has 0 aliphatic carbocycles. The molecule has 6 nitrogen and oxygen atoms in total. The molecule has 0 radical (unpaired) electrons. The van der Waals surface area contributed by atoms with Gasteiger partial charge in [-0.2, -0.15) is 0 Å². The second-order valence-corrected chi connectivity index (χ2v) is 17.6. The second-order valence-electron chi connectivity index (χ2n) is 17.6. The predicted molar refractivity (Wildman–Crippen MR) is 211 cm³/mol. The summed E-state index contributed by atoms with van der Waals surface area (Å²) in [5, 5.41) is 0. The minimum atomic E-state index is -0.330. The molecule has 0 saturated carbocycles. The Morgan fingerprint density at radius 1 is 0.510 bits per heavy atom. The molecule has 0 bridgehead atoms. The first-order valence-corrected chi connectivity index (χ1v) is 20.9. The van der Waals surface area contributed by atoms with Gasteiger partial charge in [-0.3, -0.25) is 9.59 Å². The van der Waals surface area contributed by atoms with Crippen LogP contribution in [0.4, 0.5) is 0 Å². The number of nitrogens with zero attached hydrogens (tertiary/aromatic N) is 2. The van der Waals surface area contributed by atoms with E-state index in [0.29, 0.717) is 36.5 Å². The van der Waals surface area contributed by atoms with Gasteiger partial charge in [-0.25, -0.2) is 0 Å². The lowest BCUT2D eigenvalue weighted by molar-refractivity contribution is -0.161. The summed E-state index contributed by atoms with van der Waals surface area (Å²) in [5.41, 5.74) is -0.330. The van der Waals surface area contributed by atoms with Crippen molar-refractivity contribution >= 4 is 11.9 Å². The molecule has 0 heterocycles. The van der Waals surface area contributed by atoms with Gasteiger partial charge in [0, 0.05) is 25.9 Å². The van der Waals surface area contributed by atoms with Crippen molar-refractivity contribution in [2.75, 3.05) is 40.3 Å². The van der Waals surface area contributed by atoms with E-state index in [0.717, 1.165) is 64.5 Å². The SMILES string of the molecule is CC(C)CC(CC(C)C)OC(=O)CCCCCCCCCN(CCCCCCCCCC(=O)OC(C)(CC(C)C)CC(C)C)CCN(C)C. The summed E-state index contributed by atoms with van der Waals surface area (Å²) in [6.45, 7) is 24.5. The van der Waals surface area contributed by atoms with E-state index in [1.54, 1.807) is 0 Å². The van der Waals surface area contributed by atoms with Gasteiger partial charge in [0.15, 0.2) is 0 Å². The predicted octanol–water partition coefficient (Wildman–Crippen LogP) is 11.5. The normalized spacial score (nSPS) is 12.5. The number of likely N-dealkylation sites (N-methyl/N-ethyl adjacent to an activating group) is 1. The maximum absolute atomic E-state index is 12.6. The van der Waals surface area contributed by atoms with Crippen LogP contribution in [0.1, 0.15) is 191 Å². The minimum absolute atomic E-state index is 0.000283. The summed E-state index contributed by atoms with van der Waals surface area (Å²) in [5.74, 6) is 2.15. The summed E-state index contributed by atoms with van der Waals surface area (Å²) >= 11 is 0. The second kappa shape index (κ2) is 29.4. The first kappa shape index (κ1) is 47.9. The van der Waals surface area contributed by atoms with Crippen molar-refractivity contribution < 1.29 is 19.1 Å². The number of rotatable bonds is 33. The molecule has 0 fully saturated rings. The standard InChI is InChI=1S/C43H86N2O4/c1-36(2)32-40(33-37(3)4)48-41(46)26-22-18-14-12-16-20-24-28-45(31-30-44(10)11)29-25-21-17-13-15-19-23-27-42(47)49-43(9,34-38(5)6)35-39(7)8/h36-40H,12-35H2,1-11H3. The zero-order valence-corrected chi connectivity index (χ0v) is 34.9. The van der Waals surface area contributed by atoms with Crippen LogP contribution in [0.3, 0.4) is 0 Å². The highest BCUT2D eigenvalue weighted by Crippen LogP contribution is 2.29. The molecule has 0 atom stereocenters. The van der Waals surface area contributed by atoms with Crippen LogP contribution in [0.5, 0.6) is 0 Å². The summed E-state index contributed by atoms with van der Waals surface area (Å²) in [6, 6.07) is 0. The van der Waals surface area contributed by atoms with Gasteiger partial charge >= 0.3 is 11.9 Å². The van der Waals surface area contributed by atoms with Gasteiger partial charge < -0.3 is 19.3 Å². The monoisotopic (exact) mass is 695 g/mol. The third-order valence-corrected chi connectivity index (χ3v) is 9.38. The molecule has 6 heteroatoms. The van der Waals surface area contributed by atoms with Crippen molar-refractivity contribution in [3.63, 3.8) is 0 Å². The highest BCUT2D eigenvalue weighted by Gasteiger charge is 2.30. The largest absolute Gasteiger partial charge is 0.462 e. The average Bonchev–Trinajstić information content (AvgIpc) is 2.95. The van der Waals surface area contributed by atoms with Gasteiger partial charge in [0.2, 0.25) is 0 Å². The number of esters is 2. The Kier molecular flexibility index (Phi) is 28.8. The number of ether oxygens (including phenoxy) is 2. The first-order chi connectivity index (χ1) is 23.1.